The number of nitrogens with one attached hydrogen (secondary N) is 3. The second-order valence-corrected chi connectivity index (χ2v) is 47.2. The Morgan fingerprint density at radius 2 is 0.731 bits per heavy atom. The van der Waals surface area contributed by atoms with Gasteiger partial charge in [0.25, 0.3) is 0 Å². The van der Waals surface area contributed by atoms with Crippen molar-refractivity contribution < 1.29 is 74.6 Å². The number of phenolic OH excluding ortho intramolecular Hbond substituents is 7. The van der Waals surface area contributed by atoms with Crippen LogP contribution in [0.2, 0.25) is 0 Å². The molecule has 130 heavy (non-hydrogen) atoms. The molecule has 12 aliphatic rings. The number of para-hydroxylation sites is 1. The van der Waals surface area contributed by atoms with Gasteiger partial charge >= 0.3 is 17.9 Å². The number of rotatable bonds is 7. The van der Waals surface area contributed by atoms with Crippen LogP contribution >= 0.6 is 0 Å². The standard InChI is InChI=1S/C38H47NO5.C37H44FNO4.C37H45NO5/c1-21-30-22(23-20-39-25-9-8-10-27(44-7)31(23)25)17-28-36(4,24(30)18-26(40)32(21)41)14-16-38(6)29-19-35(3,33(42)43)12-11-34(29,2)13-15-37(28,38)5;1-20-29-22(23-19-39-30-21(23)8-7-9-25(30)38)16-27-35(4,24(29)17-26(40)31(20)41)13-15-37(6)28-18-34(3,32(42)43)11-10-33(28,2)12-14-36(27,37)5;1-20-30-23(24-19-38-26-15-21(39)7-8-22(24)26)16-28-35(4,25(30)17-27(40)31(20)41)12-14-37(6)29-18-34(3,32(42)43)10-9-33(29,2)11-13-36(28,37)5/h8-10,17-18,20,22,29,39-41H,11-16,19H2,1-7H3,(H,42,43);7-9,16-17,19,22,28,39-41H,10-15,18H2,1-6H3,(H,42,43);7-8,15-17,19,23,29,38-41H,9-14,18H2,1-6H3,(H,42,43)/t22-,29+,34+,35+,36-,37+,38-;22-,28+,33+,34+,35-,36+,37-;23?,29-,33-,34-,35+,36-,37+/m001/s1. The average Bonchev–Trinajstić information content (AvgIpc) is 0.770. The maximum absolute atomic E-state index is 14.9. The summed E-state index contributed by atoms with van der Waals surface area (Å²) in [6.07, 6.45) is 32.3. The number of aliphatic carboxylic acids is 3. The van der Waals surface area contributed by atoms with Crippen molar-refractivity contribution >= 4 is 50.6 Å². The molecule has 18 heteroatoms. The SMILES string of the molecule is COc1cccc2[nH]cc([C@@H]3C=C4[C@@](C)(CC[C@@]5(C)[C@@H]6C[C@](C)(C(=O)O)CC[C@]6(C)CC[C@]45C)c4cc(O)c(O)c(C)c43)c12.Cc1c(O)c(O)cc2c1C(c1c[nH]c3cc(O)ccc13)C=C1[C@@]2(C)CC[C@@]2(C)[C@@H]3C[C@](C)(C(=O)O)CC[C@]3(C)CC[C@]12C.Cc1c(O)c(O)cc2c1[C@H](c1c[nH]c3c(F)cccc13)C=C1[C@@]2(C)CC[C@@]2(C)[C@@H]3C[C@](C)(C(=O)O)CC[C@]3(C)CC[C@]12C. The van der Waals surface area contributed by atoms with Gasteiger partial charge in [-0.25, -0.2) is 4.39 Å². The number of carboxylic acids is 3. The fraction of sp³-hybridized carbons (Fsp3) is 0.545. The minimum atomic E-state index is -0.725. The van der Waals surface area contributed by atoms with Crippen molar-refractivity contribution in [2.24, 2.45) is 82.7 Å². The molecule has 0 aliphatic heterocycles. The molecule has 1 unspecified atom stereocenters. The maximum Gasteiger partial charge on any atom is 0.309 e. The molecule has 9 saturated carbocycles. The Bertz CT molecular complexity index is 6440. The highest BCUT2D eigenvalue weighted by molar-refractivity contribution is 5.92. The van der Waals surface area contributed by atoms with Crippen LogP contribution in [0.25, 0.3) is 32.7 Å². The molecule has 13 N–H and O–H groups in total. The van der Waals surface area contributed by atoms with Crippen LogP contribution in [0.5, 0.6) is 46.0 Å². The predicted molar refractivity (Wildman–Crippen MR) is 506 cm³/mol. The fourth-order valence-electron chi connectivity index (χ4n) is 31.9. The number of aromatic hydroxyl groups is 7. The average molecular weight is 1770 g/mol. The first kappa shape index (κ1) is 89.1. The lowest BCUT2D eigenvalue weighted by Gasteiger charge is -2.70. The minimum absolute atomic E-state index is 0.0588. The summed E-state index contributed by atoms with van der Waals surface area (Å²) in [5, 5.41) is 110. The van der Waals surface area contributed by atoms with Crippen LogP contribution in [0.4, 0.5) is 4.39 Å². The number of fused-ring (bicyclic) bond motifs is 24. The van der Waals surface area contributed by atoms with Gasteiger partial charge in [0.2, 0.25) is 0 Å². The number of H-pyrrole nitrogens is 3. The summed E-state index contributed by atoms with van der Waals surface area (Å²) in [5.74, 6) is -1.56. The van der Waals surface area contributed by atoms with Gasteiger partial charge < -0.3 is 70.8 Å². The molecule has 21 rings (SSSR count). The van der Waals surface area contributed by atoms with Crippen LogP contribution in [0, 0.1) is 109 Å². The number of methoxy groups -OCH3 is 1. The van der Waals surface area contributed by atoms with Crippen LogP contribution in [-0.2, 0) is 30.6 Å². The number of allylic oxidation sites excluding steroid dienone is 6. The summed E-state index contributed by atoms with van der Waals surface area (Å²) in [6.45, 7) is 40.4. The van der Waals surface area contributed by atoms with Gasteiger partial charge in [-0.1, -0.05) is 136 Å². The largest absolute Gasteiger partial charge is 0.508 e. The van der Waals surface area contributed by atoms with E-state index in [0.717, 1.165) is 199 Å². The first-order chi connectivity index (χ1) is 60.8. The number of hydrogen-bond donors (Lipinski definition) is 13. The molecular weight excluding hydrogens is 1630 g/mol. The van der Waals surface area contributed by atoms with Crippen molar-refractivity contribution in [2.75, 3.05) is 7.11 Å². The van der Waals surface area contributed by atoms with Crippen molar-refractivity contribution in [3.8, 4) is 46.0 Å². The normalized spacial score (nSPS) is 38.2. The van der Waals surface area contributed by atoms with E-state index < -0.39 is 34.2 Å². The van der Waals surface area contributed by atoms with Crippen LogP contribution in [0.1, 0.15) is 323 Å². The lowest BCUT2D eigenvalue weighted by molar-refractivity contribution is -0.177. The van der Waals surface area contributed by atoms with Crippen LogP contribution in [0.3, 0.4) is 0 Å². The molecule has 0 spiro atoms. The van der Waals surface area contributed by atoms with Gasteiger partial charge in [-0.05, 0) is 358 Å². The molecule has 17 nitrogen and oxygen atoms in total. The van der Waals surface area contributed by atoms with E-state index in [0.29, 0.717) is 41.5 Å². The maximum atomic E-state index is 14.9. The molecule has 21 atom stereocenters. The number of hydrogen-bond acceptors (Lipinski definition) is 11. The van der Waals surface area contributed by atoms with Gasteiger partial charge in [0.1, 0.15) is 17.3 Å². The number of carbonyl (C=O) groups is 3. The molecule has 9 aromatic rings. The zero-order chi connectivity index (χ0) is 93.4. The number of carboxylic acid groups (broad SMARTS) is 3. The van der Waals surface area contributed by atoms with E-state index >= 15 is 0 Å². The van der Waals surface area contributed by atoms with Crippen molar-refractivity contribution in [1.82, 2.24) is 15.0 Å². The number of benzene rings is 6. The number of ether oxygens (including phenoxy) is 1. The highest BCUT2D eigenvalue weighted by atomic mass is 19.1. The monoisotopic (exact) mass is 1770 g/mol. The third kappa shape index (κ3) is 11.8. The van der Waals surface area contributed by atoms with Crippen molar-refractivity contribution in [3.63, 3.8) is 0 Å². The van der Waals surface area contributed by atoms with Crippen molar-refractivity contribution in [1.29, 1.82) is 0 Å². The first-order valence-electron chi connectivity index (χ1n) is 48.1. The van der Waals surface area contributed by atoms with E-state index in [1.54, 1.807) is 37.4 Å². The molecule has 3 heterocycles. The van der Waals surface area contributed by atoms with E-state index in [1.165, 1.54) is 22.8 Å². The Labute approximate surface area is 764 Å². The molecule has 0 bridgehead atoms. The second-order valence-electron chi connectivity index (χ2n) is 47.2. The minimum Gasteiger partial charge on any atom is -0.508 e. The smallest absolute Gasteiger partial charge is 0.309 e. The quantitative estimate of drug-likeness (QED) is 0.0522. The Balaban J connectivity index is 0.000000126. The third-order valence-corrected chi connectivity index (χ3v) is 41.2. The van der Waals surface area contributed by atoms with Gasteiger partial charge in [0, 0.05) is 85.8 Å². The molecule has 3 aromatic heterocycles. The fourth-order valence-corrected chi connectivity index (χ4v) is 31.9. The Kier molecular flexibility index (Phi) is 19.7. The highest BCUT2D eigenvalue weighted by Gasteiger charge is 2.72. The van der Waals surface area contributed by atoms with E-state index in [4.69, 9.17) is 4.74 Å². The summed E-state index contributed by atoms with van der Waals surface area (Å²) in [7, 11) is 1.70. The zero-order valence-electron chi connectivity index (χ0n) is 79.7. The summed E-state index contributed by atoms with van der Waals surface area (Å²) in [4.78, 5) is 47.6. The van der Waals surface area contributed by atoms with E-state index in [-0.39, 0.29) is 147 Å². The Morgan fingerprint density at radius 3 is 1.12 bits per heavy atom. The highest BCUT2D eigenvalue weighted by Crippen LogP contribution is 2.80. The van der Waals surface area contributed by atoms with Gasteiger partial charge in [0.05, 0.1) is 28.9 Å². The summed E-state index contributed by atoms with van der Waals surface area (Å²) < 4.78 is 20.7. The lowest BCUT2D eigenvalue weighted by Crippen LogP contribution is -2.62. The van der Waals surface area contributed by atoms with Crippen LogP contribution < -0.4 is 4.74 Å². The lowest BCUT2D eigenvalue weighted by atomic mass is 9.34. The molecule has 12 aliphatic carbocycles. The van der Waals surface area contributed by atoms with Gasteiger partial charge in [-0.2, -0.15) is 0 Å². The molecule has 9 fully saturated rings. The van der Waals surface area contributed by atoms with E-state index in [9.17, 15) is 69.8 Å². The first-order valence-corrected chi connectivity index (χ1v) is 48.1. The van der Waals surface area contributed by atoms with Crippen LogP contribution in [-0.4, -0.2) is 91.0 Å². The number of aromatic nitrogens is 3. The Hall–Kier alpha value is -10.1. The molecular formula is C112H136FN3O14. The molecule has 0 radical (unpaired) electrons. The molecule has 0 saturated heterocycles. The van der Waals surface area contributed by atoms with Crippen molar-refractivity contribution in [2.45, 2.75) is 293 Å². The van der Waals surface area contributed by atoms with Gasteiger partial charge in [-0.15, -0.1) is 0 Å². The van der Waals surface area contributed by atoms with Gasteiger partial charge in [-0.3, -0.25) is 14.4 Å². The zero-order valence-corrected chi connectivity index (χ0v) is 79.7. The molecule has 6 aromatic carbocycles. The number of halogens is 1. The van der Waals surface area contributed by atoms with Gasteiger partial charge in [0.15, 0.2) is 34.5 Å². The van der Waals surface area contributed by atoms with Crippen molar-refractivity contribution in [3.05, 3.63) is 199 Å². The van der Waals surface area contributed by atoms with Crippen LogP contribution in [0.15, 0.2) is 126 Å². The van der Waals surface area contributed by atoms with E-state index in [2.05, 4.69) is 129 Å². The molecule has 690 valence electrons. The predicted octanol–water partition coefficient (Wildman–Crippen LogP) is 26.0. The molecule has 0 amide bonds. The van der Waals surface area contributed by atoms with E-state index in [1.807, 2.05) is 84.3 Å². The summed E-state index contributed by atoms with van der Waals surface area (Å²) >= 11 is 0. The second kappa shape index (κ2) is 28.7. The summed E-state index contributed by atoms with van der Waals surface area (Å²) in [6, 6.07) is 22.0. The number of phenols is 7. The Morgan fingerprint density at radius 1 is 0.385 bits per heavy atom. The third-order valence-electron chi connectivity index (χ3n) is 41.2. The summed E-state index contributed by atoms with van der Waals surface area (Å²) in [5.41, 5.74) is 14.2. The topological polar surface area (TPSA) is 310 Å². The number of aromatic amines is 3.